The van der Waals surface area contributed by atoms with E-state index in [0.29, 0.717) is 6.54 Å². The summed E-state index contributed by atoms with van der Waals surface area (Å²) in [4.78, 5) is 41.8. The van der Waals surface area contributed by atoms with Crippen molar-refractivity contribution in [1.29, 1.82) is 0 Å². The van der Waals surface area contributed by atoms with E-state index in [9.17, 15) is 14.4 Å². The summed E-state index contributed by atoms with van der Waals surface area (Å²) < 4.78 is 5.23. The van der Waals surface area contributed by atoms with E-state index in [1.807, 2.05) is 43.3 Å². The van der Waals surface area contributed by atoms with Gasteiger partial charge in [-0.25, -0.2) is 0 Å². The molecule has 2 aliphatic rings. The van der Waals surface area contributed by atoms with Crippen LogP contribution in [-0.2, 0) is 19.1 Å². The number of anilines is 1. The molecular formula is C20H27N3O4. The Bertz CT molecular complexity index is 761. The summed E-state index contributed by atoms with van der Waals surface area (Å²) in [6.45, 7) is 5.68. The Kier molecular flexibility index (Phi) is 4.99. The zero-order valence-corrected chi connectivity index (χ0v) is 16.5. The quantitative estimate of drug-likeness (QED) is 0.620. The lowest BCUT2D eigenvalue weighted by Gasteiger charge is -2.29. The van der Waals surface area contributed by atoms with Gasteiger partial charge in [-0.3, -0.25) is 24.6 Å². The Morgan fingerprint density at radius 3 is 2.33 bits per heavy atom. The highest BCUT2D eigenvalue weighted by Gasteiger charge is 2.66. The third-order valence-corrected chi connectivity index (χ3v) is 5.66. The molecule has 7 heteroatoms. The number of amides is 2. The summed E-state index contributed by atoms with van der Waals surface area (Å²) in [6.07, 6.45) is 0. The molecule has 2 fully saturated rings. The summed E-state index contributed by atoms with van der Waals surface area (Å²) in [5.41, 5.74) is 0.676. The van der Waals surface area contributed by atoms with Crippen LogP contribution in [0.2, 0.25) is 0 Å². The summed E-state index contributed by atoms with van der Waals surface area (Å²) >= 11 is 0. The number of likely N-dealkylation sites (tertiary alicyclic amines) is 1. The lowest BCUT2D eigenvalue weighted by atomic mass is 9.80. The highest BCUT2D eigenvalue weighted by atomic mass is 16.5. The van der Waals surface area contributed by atoms with Gasteiger partial charge in [0.15, 0.2) is 0 Å². The number of carbonyl (C=O) groups excluding carboxylic acids is 3. The SMILES string of the molecule is CCOC(=O)[C@]1(C)N[C@H](c2ccc(N(C)C)cc2)[C@H]2C(=O)N(CC)C(=O)[C@H]21. The van der Waals surface area contributed by atoms with E-state index in [0.717, 1.165) is 11.3 Å². The number of hydrogen-bond acceptors (Lipinski definition) is 6. The number of imide groups is 1. The lowest BCUT2D eigenvalue weighted by molar-refractivity contribution is -0.155. The van der Waals surface area contributed by atoms with Gasteiger partial charge in [-0.2, -0.15) is 0 Å². The van der Waals surface area contributed by atoms with E-state index in [1.54, 1.807) is 20.8 Å². The molecule has 3 rings (SSSR count). The monoisotopic (exact) mass is 373 g/mol. The summed E-state index contributed by atoms with van der Waals surface area (Å²) in [5.74, 6) is -2.40. The van der Waals surface area contributed by atoms with Crippen LogP contribution >= 0.6 is 0 Å². The number of ether oxygens (including phenoxy) is 1. The van der Waals surface area contributed by atoms with Crippen molar-refractivity contribution in [2.45, 2.75) is 32.4 Å². The maximum Gasteiger partial charge on any atom is 0.326 e. The number of rotatable bonds is 5. The van der Waals surface area contributed by atoms with Crippen molar-refractivity contribution in [2.24, 2.45) is 11.8 Å². The van der Waals surface area contributed by atoms with E-state index in [1.165, 1.54) is 4.90 Å². The highest BCUT2D eigenvalue weighted by Crippen LogP contribution is 2.49. The first kappa shape index (κ1) is 19.4. The summed E-state index contributed by atoms with van der Waals surface area (Å²) in [5, 5.41) is 3.27. The Hall–Kier alpha value is -2.41. The number of nitrogens with one attached hydrogen (secondary N) is 1. The van der Waals surface area contributed by atoms with Crippen molar-refractivity contribution in [3.63, 3.8) is 0 Å². The number of carbonyl (C=O) groups is 3. The lowest BCUT2D eigenvalue weighted by Crippen LogP contribution is -2.54. The minimum absolute atomic E-state index is 0.218. The van der Waals surface area contributed by atoms with E-state index in [2.05, 4.69) is 5.32 Å². The molecule has 2 amide bonds. The molecule has 1 aromatic carbocycles. The fraction of sp³-hybridized carbons (Fsp3) is 0.550. The van der Waals surface area contributed by atoms with Gasteiger partial charge >= 0.3 is 5.97 Å². The Labute approximate surface area is 159 Å². The van der Waals surface area contributed by atoms with Crippen LogP contribution in [-0.4, -0.2) is 55.5 Å². The highest BCUT2D eigenvalue weighted by molar-refractivity contribution is 6.09. The van der Waals surface area contributed by atoms with Crippen LogP contribution in [0.5, 0.6) is 0 Å². The molecule has 1 aromatic rings. The van der Waals surface area contributed by atoms with Gasteiger partial charge in [-0.15, -0.1) is 0 Å². The maximum absolute atomic E-state index is 13.0. The Morgan fingerprint density at radius 1 is 1.19 bits per heavy atom. The topological polar surface area (TPSA) is 79.0 Å². The molecule has 1 N–H and O–H groups in total. The van der Waals surface area contributed by atoms with E-state index in [-0.39, 0.29) is 18.4 Å². The molecule has 4 atom stereocenters. The van der Waals surface area contributed by atoms with E-state index >= 15 is 0 Å². The van der Waals surface area contributed by atoms with Crippen LogP contribution in [0, 0.1) is 11.8 Å². The van der Waals surface area contributed by atoms with Crippen molar-refractivity contribution in [2.75, 3.05) is 32.1 Å². The minimum Gasteiger partial charge on any atom is -0.465 e. The third kappa shape index (κ3) is 2.90. The van der Waals surface area contributed by atoms with E-state index in [4.69, 9.17) is 4.74 Å². The largest absolute Gasteiger partial charge is 0.465 e. The predicted molar refractivity (Wildman–Crippen MR) is 101 cm³/mol. The van der Waals surface area contributed by atoms with Gasteiger partial charge in [0.2, 0.25) is 11.8 Å². The van der Waals surface area contributed by atoms with Crippen LogP contribution in [0.25, 0.3) is 0 Å². The molecule has 27 heavy (non-hydrogen) atoms. The van der Waals surface area contributed by atoms with Gasteiger partial charge in [0.1, 0.15) is 5.54 Å². The molecular weight excluding hydrogens is 346 g/mol. The van der Waals surface area contributed by atoms with Crippen LogP contribution < -0.4 is 10.2 Å². The first-order chi connectivity index (χ1) is 12.8. The zero-order valence-electron chi connectivity index (χ0n) is 16.5. The number of fused-ring (bicyclic) bond motifs is 1. The van der Waals surface area contributed by atoms with Crippen LogP contribution in [0.4, 0.5) is 5.69 Å². The average Bonchev–Trinajstić information content (AvgIpc) is 3.09. The molecule has 2 heterocycles. The molecule has 0 spiro atoms. The van der Waals surface area contributed by atoms with Crippen molar-refractivity contribution in [3.8, 4) is 0 Å². The average molecular weight is 373 g/mol. The smallest absolute Gasteiger partial charge is 0.326 e. The van der Waals surface area contributed by atoms with Crippen LogP contribution in [0.3, 0.4) is 0 Å². The fourth-order valence-electron chi connectivity index (χ4n) is 4.25. The number of nitrogens with zero attached hydrogens (tertiary/aromatic N) is 2. The first-order valence-corrected chi connectivity index (χ1v) is 9.33. The Morgan fingerprint density at radius 2 is 1.81 bits per heavy atom. The molecule has 2 aliphatic heterocycles. The summed E-state index contributed by atoms with van der Waals surface area (Å²) in [7, 11) is 3.91. The van der Waals surface area contributed by atoms with Gasteiger partial charge in [0.25, 0.3) is 0 Å². The molecule has 0 unspecified atom stereocenters. The van der Waals surface area contributed by atoms with Crippen LogP contribution in [0.1, 0.15) is 32.4 Å². The maximum atomic E-state index is 13.0. The molecule has 7 nitrogen and oxygen atoms in total. The molecule has 0 radical (unpaired) electrons. The normalized spacial score (nSPS) is 29.8. The van der Waals surface area contributed by atoms with Gasteiger partial charge in [0.05, 0.1) is 18.4 Å². The van der Waals surface area contributed by atoms with Crippen molar-refractivity contribution < 1.29 is 19.1 Å². The number of hydrogen-bond donors (Lipinski definition) is 1. The van der Waals surface area contributed by atoms with Crippen molar-refractivity contribution >= 4 is 23.5 Å². The molecule has 0 aliphatic carbocycles. The molecule has 0 aromatic heterocycles. The summed E-state index contributed by atoms with van der Waals surface area (Å²) in [6, 6.07) is 7.38. The zero-order chi connectivity index (χ0) is 19.9. The molecule has 2 saturated heterocycles. The predicted octanol–water partition coefficient (Wildman–Crippen LogP) is 1.34. The second kappa shape index (κ2) is 6.96. The number of benzene rings is 1. The van der Waals surface area contributed by atoms with Crippen molar-refractivity contribution in [1.82, 2.24) is 10.2 Å². The second-order valence-corrected chi connectivity index (χ2v) is 7.45. The minimum atomic E-state index is -1.23. The standard InChI is InChI=1S/C20H27N3O4/c1-6-23-17(24)14-15(18(23)25)20(3,19(26)27-7-2)21-16(14)12-8-10-13(11-9-12)22(4)5/h8-11,14-16,21H,6-7H2,1-5H3/t14-,15-,16+,20+/m0/s1. The van der Waals surface area contributed by atoms with Crippen LogP contribution in [0.15, 0.2) is 24.3 Å². The molecule has 0 saturated carbocycles. The third-order valence-electron chi connectivity index (χ3n) is 5.66. The van der Waals surface area contributed by atoms with Gasteiger partial charge < -0.3 is 9.64 Å². The van der Waals surface area contributed by atoms with Gasteiger partial charge in [-0.05, 0) is 38.5 Å². The number of esters is 1. The Balaban J connectivity index is 2.04. The molecule has 146 valence electrons. The fourth-order valence-corrected chi connectivity index (χ4v) is 4.25. The van der Waals surface area contributed by atoms with Crippen molar-refractivity contribution in [3.05, 3.63) is 29.8 Å². The first-order valence-electron chi connectivity index (χ1n) is 9.33. The van der Waals surface area contributed by atoms with E-state index < -0.39 is 29.4 Å². The molecule has 0 bridgehead atoms. The van der Waals surface area contributed by atoms with Gasteiger partial charge in [0, 0.05) is 32.4 Å². The van der Waals surface area contributed by atoms with Gasteiger partial charge in [-0.1, -0.05) is 12.1 Å². The second-order valence-electron chi connectivity index (χ2n) is 7.45.